The maximum absolute atomic E-state index is 10.8. The minimum Gasteiger partial charge on any atom is -0.480 e. The van der Waals surface area contributed by atoms with Gasteiger partial charge in [-0.2, -0.15) is 0 Å². The van der Waals surface area contributed by atoms with Gasteiger partial charge in [0.1, 0.15) is 6.04 Å². The molecule has 1 unspecified atom stereocenters. The van der Waals surface area contributed by atoms with Crippen LogP contribution in [0.1, 0.15) is 34.6 Å². The molecule has 0 aromatic heterocycles. The number of nitrogens with one attached hydrogen (secondary N) is 1. The van der Waals surface area contributed by atoms with E-state index in [4.69, 9.17) is 9.84 Å². The van der Waals surface area contributed by atoms with Crippen molar-refractivity contribution in [3.8, 4) is 0 Å². The molecule has 0 saturated carbocycles. The van der Waals surface area contributed by atoms with Crippen LogP contribution in [0.5, 0.6) is 0 Å². The van der Waals surface area contributed by atoms with Crippen LogP contribution in [-0.4, -0.2) is 35.9 Å². The largest absolute Gasteiger partial charge is 0.480 e. The first kappa shape index (κ1) is 14.4. The van der Waals surface area contributed by atoms with E-state index >= 15 is 0 Å². The van der Waals surface area contributed by atoms with Crippen molar-refractivity contribution in [2.24, 2.45) is 5.92 Å². The van der Waals surface area contributed by atoms with Crippen molar-refractivity contribution in [2.45, 2.75) is 46.3 Å². The summed E-state index contributed by atoms with van der Waals surface area (Å²) in [5.41, 5.74) is -0.168. The Hall–Kier alpha value is -0.610. The third-order valence-electron chi connectivity index (χ3n) is 1.93. The molecule has 0 spiro atoms. The second-order valence-corrected chi connectivity index (χ2v) is 4.97. The molecule has 15 heavy (non-hydrogen) atoms. The lowest BCUT2D eigenvalue weighted by Gasteiger charge is -2.22. The highest BCUT2D eigenvalue weighted by molar-refractivity contribution is 5.73. The topological polar surface area (TPSA) is 58.6 Å². The van der Waals surface area contributed by atoms with Crippen LogP contribution < -0.4 is 5.32 Å². The molecule has 0 radical (unpaired) electrons. The van der Waals surface area contributed by atoms with Crippen LogP contribution >= 0.6 is 0 Å². The minimum absolute atomic E-state index is 0.0807. The Morgan fingerprint density at radius 2 is 1.93 bits per heavy atom. The van der Waals surface area contributed by atoms with Crippen molar-refractivity contribution >= 4 is 5.97 Å². The smallest absolute Gasteiger partial charge is 0.320 e. The Morgan fingerprint density at radius 1 is 1.40 bits per heavy atom. The van der Waals surface area contributed by atoms with Gasteiger partial charge in [0, 0.05) is 6.54 Å². The normalized spacial score (nSPS) is 14.3. The van der Waals surface area contributed by atoms with Gasteiger partial charge in [-0.25, -0.2) is 0 Å². The number of carbonyl (C=O) groups is 1. The maximum Gasteiger partial charge on any atom is 0.320 e. The molecule has 4 nitrogen and oxygen atoms in total. The number of aliphatic carboxylic acids is 1. The van der Waals surface area contributed by atoms with Gasteiger partial charge in [-0.1, -0.05) is 13.8 Å². The van der Waals surface area contributed by atoms with Crippen molar-refractivity contribution in [2.75, 3.05) is 13.2 Å². The number of hydrogen-bond donors (Lipinski definition) is 2. The van der Waals surface area contributed by atoms with Gasteiger partial charge in [-0.15, -0.1) is 0 Å². The quantitative estimate of drug-likeness (QED) is 0.662. The van der Waals surface area contributed by atoms with Gasteiger partial charge in [0.05, 0.1) is 12.2 Å². The van der Waals surface area contributed by atoms with E-state index in [0.29, 0.717) is 13.2 Å². The molecule has 0 aliphatic carbocycles. The molecule has 2 N–H and O–H groups in total. The van der Waals surface area contributed by atoms with E-state index in [1.165, 1.54) is 0 Å². The highest BCUT2D eigenvalue weighted by atomic mass is 16.5. The van der Waals surface area contributed by atoms with Crippen LogP contribution in [0.2, 0.25) is 0 Å². The fraction of sp³-hybridized carbons (Fsp3) is 0.909. The van der Waals surface area contributed by atoms with Crippen LogP contribution in [0.4, 0.5) is 0 Å². The van der Waals surface area contributed by atoms with Crippen molar-refractivity contribution in [1.29, 1.82) is 0 Å². The van der Waals surface area contributed by atoms with Gasteiger partial charge in [0.2, 0.25) is 0 Å². The highest BCUT2D eigenvalue weighted by Gasteiger charge is 2.20. The molecular formula is C11H23NO3. The number of hydrogen-bond acceptors (Lipinski definition) is 3. The zero-order chi connectivity index (χ0) is 12.1. The second kappa shape index (κ2) is 6.08. The standard InChI is InChI=1S/C11H23NO3/c1-8(2)9(10(13)14)12-6-7-15-11(3,4)5/h8-9,12H,6-7H2,1-5H3,(H,13,14). The molecule has 0 rings (SSSR count). The average Bonchev–Trinajstić information content (AvgIpc) is 2.00. The Balaban J connectivity index is 3.78. The summed E-state index contributed by atoms with van der Waals surface area (Å²) in [5, 5.41) is 11.9. The average molecular weight is 217 g/mol. The first-order valence-electron chi connectivity index (χ1n) is 5.34. The zero-order valence-corrected chi connectivity index (χ0v) is 10.3. The van der Waals surface area contributed by atoms with Crippen LogP contribution in [0, 0.1) is 5.92 Å². The van der Waals surface area contributed by atoms with Gasteiger partial charge < -0.3 is 15.2 Å². The molecular weight excluding hydrogens is 194 g/mol. The molecule has 0 fully saturated rings. The molecule has 0 bridgehead atoms. The molecule has 0 heterocycles. The molecule has 4 heteroatoms. The Labute approximate surface area is 92.0 Å². The van der Waals surface area contributed by atoms with E-state index in [1.807, 2.05) is 34.6 Å². The lowest BCUT2D eigenvalue weighted by molar-refractivity contribution is -0.140. The SMILES string of the molecule is CC(C)C(NCCOC(C)(C)C)C(=O)O. The van der Waals surface area contributed by atoms with Gasteiger partial charge in [0.15, 0.2) is 0 Å². The van der Waals surface area contributed by atoms with Crippen LogP contribution in [0.3, 0.4) is 0 Å². The summed E-state index contributed by atoms with van der Waals surface area (Å²) >= 11 is 0. The predicted molar refractivity (Wildman–Crippen MR) is 60.0 cm³/mol. The first-order valence-corrected chi connectivity index (χ1v) is 5.34. The summed E-state index contributed by atoms with van der Waals surface area (Å²) in [6, 6.07) is -0.492. The molecule has 0 aromatic rings. The summed E-state index contributed by atoms with van der Waals surface area (Å²) in [5.74, 6) is -0.724. The fourth-order valence-electron chi connectivity index (χ4n) is 1.18. The number of carboxylic acid groups (broad SMARTS) is 1. The zero-order valence-electron chi connectivity index (χ0n) is 10.3. The van der Waals surface area contributed by atoms with Gasteiger partial charge >= 0.3 is 5.97 Å². The van der Waals surface area contributed by atoms with Crippen LogP contribution in [0.25, 0.3) is 0 Å². The Bertz CT molecular complexity index is 196. The summed E-state index contributed by atoms with van der Waals surface area (Å²) in [7, 11) is 0. The third-order valence-corrected chi connectivity index (χ3v) is 1.93. The van der Waals surface area contributed by atoms with E-state index in [1.54, 1.807) is 0 Å². The van der Waals surface area contributed by atoms with Crippen LogP contribution in [0.15, 0.2) is 0 Å². The van der Waals surface area contributed by atoms with Gasteiger partial charge in [0.25, 0.3) is 0 Å². The molecule has 0 aliphatic rings. The molecule has 0 saturated heterocycles. The number of carboxylic acids is 1. The van der Waals surface area contributed by atoms with Crippen molar-refractivity contribution in [3.05, 3.63) is 0 Å². The first-order chi connectivity index (χ1) is 6.74. The summed E-state index contributed by atoms with van der Waals surface area (Å²) in [4.78, 5) is 10.8. The lowest BCUT2D eigenvalue weighted by Crippen LogP contribution is -2.42. The molecule has 0 aliphatic heterocycles. The van der Waals surface area contributed by atoms with Crippen molar-refractivity contribution < 1.29 is 14.6 Å². The Kier molecular flexibility index (Phi) is 5.83. The monoisotopic (exact) mass is 217 g/mol. The molecule has 0 amide bonds. The summed E-state index contributed by atoms with van der Waals surface area (Å²) < 4.78 is 5.48. The molecule has 0 aromatic carbocycles. The maximum atomic E-state index is 10.8. The predicted octanol–water partition coefficient (Wildman–Crippen LogP) is 1.50. The van der Waals surface area contributed by atoms with E-state index in [0.717, 1.165) is 0 Å². The van der Waals surface area contributed by atoms with Gasteiger partial charge in [-0.05, 0) is 26.7 Å². The van der Waals surface area contributed by atoms with E-state index in [9.17, 15) is 4.79 Å². The summed E-state index contributed by atoms with van der Waals surface area (Å²) in [6.07, 6.45) is 0. The summed E-state index contributed by atoms with van der Waals surface area (Å²) in [6.45, 7) is 10.8. The second-order valence-electron chi connectivity index (χ2n) is 4.97. The van der Waals surface area contributed by atoms with E-state index in [2.05, 4.69) is 5.32 Å². The number of ether oxygens (including phenoxy) is 1. The van der Waals surface area contributed by atoms with Crippen LogP contribution in [-0.2, 0) is 9.53 Å². The van der Waals surface area contributed by atoms with E-state index < -0.39 is 12.0 Å². The fourth-order valence-corrected chi connectivity index (χ4v) is 1.18. The molecule has 90 valence electrons. The third kappa shape index (κ3) is 7.33. The van der Waals surface area contributed by atoms with Gasteiger partial charge in [-0.3, -0.25) is 4.79 Å². The van der Waals surface area contributed by atoms with E-state index in [-0.39, 0.29) is 11.5 Å². The Morgan fingerprint density at radius 3 is 2.27 bits per heavy atom. The number of rotatable bonds is 6. The highest BCUT2D eigenvalue weighted by Crippen LogP contribution is 2.06. The minimum atomic E-state index is -0.805. The van der Waals surface area contributed by atoms with Crippen molar-refractivity contribution in [1.82, 2.24) is 5.32 Å². The lowest BCUT2D eigenvalue weighted by atomic mass is 10.1. The molecule has 1 atom stereocenters. The van der Waals surface area contributed by atoms with Crippen molar-refractivity contribution in [3.63, 3.8) is 0 Å².